The first kappa shape index (κ1) is 19.0. The second-order valence-electron chi connectivity index (χ2n) is 5.40. The van der Waals surface area contributed by atoms with Gasteiger partial charge in [-0.2, -0.15) is 8.78 Å². The number of benzene rings is 1. The quantitative estimate of drug-likeness (QED) is 0.539. The number of guanidine groups is 1. The van der Waals surface area contributed by atoms with Gasteiger partial charge >= 0.3 is 6.61 Å². The molecule has 0 heterocycles. The molecule has 130 valence electrons. The Hall–Kier alpha value is -2.05. The maximum Gasteiger partial charge on any atom is 0.387 e. The van der Waals surface area contributed by atoms with E-state index >= 15 is 0 Å². The van der Waals surface area contributed by atoms with Crippen molar-refractivity contribution in [2.24, 2.45) is 16.6 Å². The SMILES string of the molecule is CCOc1cc(CN=C(N)NCCC(C)C)ccc1OC(F)F. The number of nitrogens with two attached hydrogens (primary N) is 1. The summed E-state index contributed by atoms with van der Waals surface area (Å²) in [7, 11) is 0. The fourth-order valence-electron chi connectivity index (χ4n) is 1.83. The van der Waals surface area contributed by atoms with E-state index in [1.807, 2.05) is 0 Å². The van der Waals surface area contributed by atoms with Gasteiger partial charge in [-0.25, -0.2) is 4.99 Å². The van der Waals surface area contributed by atoms with Crippen LogP contribution in [0.1, 0.15) is 32.8 Å². The number of rotatable bonds is 9. The lowest BCUT2D eigenvalue weighted by atomic mass is 10.1. The van der Waals surface area contributed by atoms with E-state index in [1.54, 1.807) is 19.1 Å². The minimum Gasteiger partial charge on any atom is -0.490 e. The Morgan fingerprint density at radius 2 is 2.04 bits per heavy atom. The number of nitrogens with zero attached hydrogens (tertiary/aromatic N) is 1. The van der Waals surface area contributed by atoms with Crippen molar-refractivity contribution in [3.63, 3.8) is 0 Å². The summed E-state index contributed by atoms with van der Waals surface area (Å²) in [5.74, 6) is 1.23. The first-order valence-electron chi connectivity index (χ1n) is 7.66. The Balaban J connectivity index is 2.67. The van der Waals surface area contributed by atoms with Gasteiger partial charge in [-0.15, -0.1) is 0 Å². The molecule has 1 aromatic carbocycles. The molecule has 0 saturated heterocycles. The number of nitrogens with one attached hydrogen (secondary N) is 1. The van der Waals surface area contributed by atoms with E-state index in [-0.39, 0.29) is 11.5 Å². The molecule has 0 unspecified atom stereocenters. The highest BCUT2D eigenvalue weighted by atomic mass is 19.3. The average molecular weight is 329 g/mol. The summed E-state index contributed by atoms with van der Waals surface area (Å²) in [6, 6.07) is 4.74. The lowest BCUT2D eigenvalue weighted by Gasteiger charge is -2.12. The second-order valence-corrected chi connectivity index (χ2v) is 5.40. The van der Waals surface area contributed by atoms with Crippen molar-refractivity contribution < 1.29 is 18.3 Å². The highest BCUT2D eigenvalue weighted by Gasteiger charge is 2.11. The molecule has 7 heteroatoms. The van der Waals surface area contributed by atoms with Gasteiger partial charge in [0, 0.05) is 6.54 Å². The van der Waals surface area contributed by atoms with E-state index in [0.717, 1.165) is 18.5 Å². The molecule has 0 amide bonds. The summed E-state index contributed by atoms with van der Waals surface area (Å²) in [6.45, 7) is 4.59. The summed E-state index contributed by atoms with van der Waals surface area (Å²) in [5.41, 5.74) is 6.58. The Morgan fingerprint density at radius 1 is 1.30 bits per heavy atom. The Labute approximate surface area is 135 Å². The predicted molar refractivity (Wildman–Crippen MR) is 87.0 cm³/mol. The number of hydrogen-bond donors (Lipinski definition) is 2. The van der Waals surface area contributed by atoms with Crippen molar-refractivity contribution >= 4 is 5.96 Å². The molecule has 0 aromatic heterocycles. The Kier molecular flexibility index (Phi) is 8.15. The highest BCUT2D eigenvalue weighted by Crippen LogP contribution is 2.30. The molecule has 1 aromatic rings. The smallest absolute Gasteiger partial charge is 0.387 e. The fourth-order valence-corrected chi connectivity index (χ4v) is 1.83. The number of alkyl halides is 2. The van der Waals surface area contributed by atoms with Crippen molar-refractivity contribution in [1.29, 1.82) is 0 Å². The number of ether oxygens (including phenoxy) is 2. The molecule has 5 nitrogen and oxygen atoms in total. The number of aliphatic imine (C=N–C) groups is 1. The van der Waals surface area contributed by atoms with E-state index in [9.17, 15) is 8.78 Å². The third-order valence-electron chi connectivity index (χ3n) is 2.98. The van der Waals surface area contributed by atoms with E-state index in [0.29, 0.717) is 25.0 Å². The number of hydrogen-bond acceptors (Lipinski definition) is 3. The zero-order valence-electron chi connectivity index (χ0n) is 13.8. The molecular formula is C16H25F2N3O2. The van der Waals surface area contributed by atoms with Crippen LogP contribution in [-0.2, 0) is 6.54 Å². The third kappa shape index (κ3) is 7.67. The van der Waals surface area contributed by atoms with Gasteiger partial charge in [0.05, 0.1) is 13.2 Å². The first-order chi connectivity index (χ1) is 10.9. The van der Waals surface area contributed by atoms with Crippen LogP contribution in [0.5, 0.6) is 11.5 Å². The van der Waals surface area contributed by atoms with Crippen LogP contribution in [0.2, 0.25) is 0 Å². The molecule has 23 heavy (non-hydrogen) atoms. The summed E-state index contributed by atoms with van der Waals surface area (Å²) in [6.07, 6.45) is 1.00. The summed E-state index contributed by atoms with van der Waals surface area (Å²) in [4.78, 5) is 4.22. The second kappa shape index (κ2) is 9.86. The summed E-state index contributed by atoms with van der Waals surface area (Å²) >= 11 is 0. The van der Waals surface area contributed by atoms with Crippen LogP contribution in [-0.4, -0.2) is 25.7 Å². The molecule has 1 rings (SSSR count). The van der Waals surface area contributed by atoms with Crippen molar-refractivity contribution in [3.8, 4) is 11.5 Å². The van der Waals surface area contributed by atoms with Gasteiger partial charge in [0.25, 0.3) is 0 Å². The molecule has 0 aliphatic rings. The maximum absolute atomic E-state index is 12.3. The van der Waals surface area contributed by atoms with Gasteiger partial charge in [0.2, 0.25) is 0 Å². The fraction of sp³-hybridized carbons (Fsp3) is 0.562. The molecule has 0 radical (unpaired) electrons. The monoisotopic (exact) mass is 329 g/mol. The van der Waals surface area contributed by atoms with E-state index in [2.05, 4.69) is 28.9 Å². The van der Waals surface area contributed by atoms with Crippen LogP contribution in [0, 0.1) is 5.92 Å². The highest BCUT2D eigenvalue weighted by molar-refractivity contribution is 5.77. The maximum atomic E-state index is 12.3. The van der Waals surface area contributed by atoms with Crippen LogP contribution in [0.3, 0.4) is 0 Å². The molecule has 0 spiro atoms. The van der Waals surface area contributed by atoms with Crippen LogP contribution >= 0.6 is 0 Å². The van der Waals surface area contributed by atoms with E-state index < -0.39 is 6.61 Å². The van der Waals surface area contributed by atoms with Crippen molar-refractivity contribution in [1.82, 2.24) is 5.32 Å². The van der Waals surface area contributed by atoms with Crippen LogP contribution in [0.15, 0.2) is 23.2 Å². The molecular weight excluding hydrogens is 304 g/mol. The van der Waals surface area contributed by atoms with Crippen LogP contribution in [0.25, 0.3) is 0 Å². The standard InChI is InChI=1S/C16H25F2N3O2/c1-4-22-14-9-12(5-6-13(14)23-15(17)18)10-21-16(19)20-8-7-11(2)3/h5-6,9,11,15H,4,7-8,10H2,1-3H3,(H3,19,20,21). The molecule has 0 fully saturated rings. The van der Waals surface area contributed by atoms with Gasteiger partial charge in [-0.3, -0.25) is 0 Å². The zero-order chi connectivity index (χ0) is 17.2. The largest absolute Gasteiger partial charge is 0.490 e. The molecule has 0 aliphatic heterocycles. The van der Waals surface area contributed by atoms with Gasteiger partial charge in [-0.05, 0) is 37.0 Å². The third-order valence-corrected chi connectivity index (χ3v) is 2.98. The lowest BCUT2D eigenvalue weighted by Crippen LogP contribution is -2.32. The molecule has 3 N–H and O–H groups in total. The molecule has 0 atom stereocenters. The van der Waals surface area contributed by atoms with Gasteiger partial charge in [0.1, 0.15) is 0 Å². The van der Waals surface area contributed by atoms with Crippen molar-refractivity contribution in [2.75, 3.05) is 13.2 Å². The average Bonchev–Trinajstić information content (AvgIpc) is 2.47. The van der Waals surface area contributed by atoms with E-state index in [4.69, 9.17) is 10.5 Å². The van der Waals surface area contributed by atoms with Gasteiger partial charge < -0.3 is 20.5 Å². The Bertz CT molecular complexity index is 508. The normalized spacial score (nSPS) is 11.9. The summed E-state index contributed by atoms with van der Waals surface area (Å²) < 4.78 is 34.4. The number of halogens is 2. The molecule has 0 saturated carbocycles. The molecule has 0 aliphatic carbocycles. The first-order valence-corrected chi connectivity index (χ1v) is 7.66. The minimum absolute atomic E-state index is 0.0117. The Morgan fingerprint density at radius 3 is 2.65 bits per heavy atom. The topological polar surface area (TPSA) is 68.9 Å². The van der Waals surface area contributed by atoms with Gasteiger partial charge in [0.15, 0.2) is 17.5 Å². The molecule has 0 bridgehead atoms. The van der Waals surface area contributed by atoms with Crippen LogP contribution in [0.4, 0.5) is 8.78 Å². The zero-order valence-corrected chi connectivity index (χ0v) is 13.8. The lowest BCUT2D eigenvalue weighted by molar-refractivity contribution is -0.0514. The minimum atomic E-state index is -2.89. The van der Waals surface area contributed by atoms with Crippen molar-refractivity contribution in [2.45, 2.75) is 40.3 Å². The predicted octanol–water partition coefficient (Wildman–Crippen LogP) is 3.14. The van der Waals surface area contributed by atoms with Gasteiger partial charge in [-0.1, -0.05) is 19.9 Å². The summed E-state index contributed by atoms with van der Waals surface area (Å²) in [5, 5.41) is 3.03. The van der Waals surface area contributed by atoms with Crippen molar-refractivity contribution in [3.05, 3.63) is 23.8 Å². The van der Waals surface area contributed by atoms with E-state index in [1.165, 1.54) is 6.07 Å². The van der Waals surface area contributed by atoms with Crippen LogP contribution < -0.4 is 20.5 Å².